The number of ether oxygens (including phenoxy) is 1. The number of carbonyl (C=O) groups excluding carboxylic acids is 1. The van der Waals surface area contributed by atoms with E-state index in [0.29, 0.717) is 17.4 Å². The second-order valence-corrected chi connectivity index (χ2v) is 9.41. The van der Waals surface area contributed by atoms with E-state index in [1.807, 2.05) is 54.6 Å². The fraction of sp³-hybridized carbons (Fsp3) is 0.385. The molecule has 2 amide bonds. The molecular weight excluding hydrogens is 450 g/mol. The van der Waals surface area contributed by atoms with Crippen molar-refractivity contribution in [2.24, 2.45) is 0 Å². The highest BCUT2D eigenvalue weighted by Gasteiger charge is 2.35. The second-order valence-electron chi connectivity index (χ2n) is 8.98. The number of anilines is 1. The Morgan fingerprint density at radius 1 is 1.15 bits per heavy atom. The number of amides is 2. The summed E-state index contributed by atoms with van der Waals surface area (Å²) in [5.74, 6) is 1.01. The van der Waals surface area contributed by atoms with Gasteiger partial charge in [0.25, 0.3) is 0 Å². The van der Waals surface area contributed by atoms with Crippen LogP contribution in [0.25, 0.3) is 5.69 Å². The van der Waals surface area contributed by atoms with Crippen molar-refractivity contribution in [3.05, 3.63) is 76.9 Å². The lowest BCUT2D eigenvalue weighted by Gasteiger charge is -2.21. The summed E-state index contributed by atoms with van der Waals surface area (Å²) in [6, 6.07) is 19.3. The molecule has 34 heavy (non-hydrogen) atoms. The van der Waals surface area contributed by atoms with Crippen molar-refractivity contribution in [1.29, 1.82) is 0 Å². The summed E-state index contributed by atoms with van der Waals surface area (Å²) in [5, 5.41) is 11.7. The minimum Gasteiger partial charge on any atom is -0.383 e. The molecule has 0 spiro atoms. The van der Waals surface area contributed by atoms with E-state index in [1.165, 1.54) is 0 Å². The topological polar surface area (TPSA) is 71.4 Å². The fourth-order valence-electron chi connectivity index (χ4n) is 4.37. The normalized spacial score (nSPS) is 18.4. The Bertz CT molecular complexity index is 1100. The van der Waals surface area contributed by atoms with Gasteiger partial charge in [-0.3, -0.25) is 10.2 Å². The number of urea groups is 1. The van der Waals surface area contributed by atoms with Gasteiger partial charge in [-0.25, -0.2) is 9.48 Å². The molecule has 2 N–H and O–H groups in total. The molecule has 1 aliphatic rings. The molecule has 2 atom stereocenters. The smallest absolute Gasteiger partial charge is 0.320 e. The molecule has 0 saturated carbocycles. The number of nitrogens with one attached hydrogen (secondary N) is 2. The molecule has 0 aliphatic carbocycles. The van der Waals surface area contributed by atoms with Crippen LogP contribution in [0.3, 0.4) is 0 Å². The van der Waals surface area contributed by atoms with E-state index in [9.17, 15) is 4.79 Å². The summed E-state index contributed by atoms with van der Waals surface area (Å²) in [6.45, 7) is 7.20. The lowest BCUT2D eigenvalue weighted by Crippen LogP contribution is -2.42. The highest BCUT2D eigenvalue weighted by atomic mass is 35.5. The molecule has 3 aromatic rings. The minimum atomic E-state index is -0.252. The Morgan fingerprint density at radius 3 is 2.65 bits per heavy atom. The number of hydrogen-bond donors (Lipinski definition) is 2. The molecule has 1 aromatic heterocycles. The van der Waals surface area contributed by atoms with E-state index in [0.717, 1.165) is 36.6 Å². The van der Waals surface area contributed by atoms with Gasteiger partial charge >= 0.3 is 6.03 Å². The molecule has 1 saturated heterocycles. The van der Waals surface area contributed by atoms with Crippen LogP contribution < -0.4 is 10.6 Å². The van der Waals surface area contributed by atoms with Crippen LogP contribution in [0.1, 0.15) is 36.9 Å². The summed E-state index contributed by atoms with van der Waals surface area (Å²) < 4.78 is 7.04. The third kappa shape index (κ3) is 5.78. The Labute approximate surface area is 206 Å². The van der Waals surface area contributed by atoms with Crippen LogP contribution in [0.4, 0.5) is 10.6 Å². The first-order chi connectivity index (χ1) is 16.4. The predicted molar refractivity (Wildman–Crippen MR) is 136 cm³/mol. The number of carbonyl (C=O) groups is 1. The first-order valence-corrected chi connectivity index (χ1v) is 12.0. The molecule has 1 aliphatic heterocycles. The van der Waals surface area contributed by atoms with Gasteiger partial charge in [-0.15, -0.1) is 0 Å². The number of nitrogens with zero attached hydrogens (tertiary/aromatic N) is 3. The summed E-state index contributed by atoms with van der Waals surface area (Å²) in [4.78, 5) is 15.5. The van der Waals surface area contributed by atoms with E-state index in [2.05, 4.69) is 35.4 Å². The number of likely N-dealkylation sites (tertiary alicyclic amines) is 1. The number of hydrogen-bond acceptors (Lipinski definition) is 4. The van der Waals surface area contributed by atoms with Crippen molar-refractivity contribution in [2.75, 3.05) is 38.7 Å². The van der Waals surface area contributed by atoms with E-state index >= 15 is 0 Å². The van der Waals surface area contributed by atoms with Crippen LogP contribution in [0.15, 0.2) is 60.7 Å². The van der Waals surface area contributed by atoms with Gasteiger partial charge in [0.05, 0.1) is 24.0 Å². The van der Waals surface area contributed by atoms with E-state index in [4.69, 9.17) is 21.4 Å². The summed E-state index contributed by atoms with van der Waals surface area (Å²) in [6.07, 6.45) is 0. The van der Waals surface area contributed by atoms with Crippen LogP contribution >= 0.6 is 11.6 Å². The van der Waals surface area contributed by atoms with Crippen LogP contribution in [-0.2, 0) is 4.74 Å². The summed E-state index contributed by atoms with van der Waals surface area (Å²) in [7, 11) is 1.70. The predicted octanol–water partition coefficient (Wildman–Crippen LogP) is 4.89. The van der Waals surface area contributed by atoms with Gasteiger partial charge in [-0.2, -0.15) is 5.10 Å². The van der Waals surface area contributed by atoms with Gasteiger partial charge in [0.15, 0.2) is 0 Å². The molecule has 2 aromatic carbocycles. The third-order valence-electron chi connectivity index (χ3n) is 6.16. The average Bonchev–Trinajstić information content (AvgIpc) is 3.42. The van der Waals surface area contributed by atoms with Crippen LogP contribution in [0, 0.1) is 0 Å². The highest BCUT2D eigenvalue weighted by molar-refractivity contribution is 6.30. The van der Waals surface area contributed by atoms with Crippen molar-refractivity contribution in [1.82, 2.24) is 20.0 Å². The third-order valence-corrected chi connectivity index (χ3v) is 6.40. The molecule has 2 heterocycles. The SMILES string of the molecule is COCCN1C[C@H](NC(=O)Nc2cc(C(C)C)nn2-c2ccccc2)[C@@H](c2cccc(Cl)c2)C1. The standard InChI is InChI=1S/C26H32ClN5O2/c1-18(2)23-15-25(32(30-23)21-10-5-4-6-11-21)29-26(33)28-24-17-31(12-13-34-3)16-22(24)19-8-7-9-20(27)14-19/h4-11,14-15,18,22,24H,12-13,16-17H2,1-3H3,(H2,28,29,33)/t22-,24+/m1/s1. The van der Waals surface area contributed by atoms with Gasteiger partial charge < -0.3 is 10.1 Å². The van der Waals surface area contributed by atoms with Crippen molar-refractivity contribution >= 4 is 23.4 Å². The molecule has 180 valence electrons. The van der Waals surface area contributed by atoms with E-state index in [-0.39, 0.29) is 23.9 Å². The quantitative estimate of drug-likeness (QED) is 0.480. The van der Waals surface area contributed by atoms with Gasteiger partial charge in [0.1, 0.15) is 5.82 Å². The maximum atomic E-state index is 13.2. The number of para-hydroxylation sites is 1. The fourth-order valence-corrected chi connectivity index (χ4v) is 4.57. The molecule has 7 nitrogen and oxygen atoms in total. The average molecular weight is 482 g/mol. The van der Waals surface area contributed by atoms with Crippen molar-refractivity contribution in [2.45, 2.75) is 31.7 Å². The Kier molecular flexibility index (Phi) is 7.88. The van der Waals surface area contributed by atoms with Crippen LogP contribution in [0.2, 0.25) is 5.02 Å². The lowest BCUT2D eigenvalue weighted by atomic mass is 9.94. The van der Waals surface area contributed by atoms with Gasteiger partial charge in [0.2, 0.25) is 0 Å². The largest absolute Gasteiger partial charge is 0.383 e. The molecule has 4 rings (SSSR count). The number of benzene rings is 2. The van der Waals surface area contributed by atoms with E-state index in [1.54, 1.807) is 11.8 Å². The molecule has 1 fully saturated rings. The second kappa shape index (κ2) is 11.0. The van der Waals surface area contributed by atoms with Crippen LogP contribution in [0.5, 0.6) is 0 Å². The number of methoxy groups -OCH3 is 1. The molecular formula is C26H32ClN5O2. The maximum absolute atomic E-state index is 13.2. The molecule has 0 radical (unpaired) electrons. The number of rotatable bonds is 8. The Morgan fingerprint density at radius 2 is 1.94 bits per heavy atom. The van der Waals surface area contributed by atoms with Gasteiger partial charge in [-0.05, 0) is 35.7 Å². The zero-order valence-electron chi connectivity index (χ0n) is 19.9. The zero-order valence-corrected chi connectivity index (χ0v) is 20.6. The molecule has 0 unspecified atom stereocenters. The molecule has 8 heteroatoms. The van der Waals surface area contributed by atoms with Crippen molar-refractivity contribution < 1.29 is 9.53 Å². The van der Waals surface area contributed by atoms with Crippen molar-refractivity contribution in [3.8, 4) is 5.69 Å². The lowest BCUT2D eigenvalue weighted by molar-refractivity contribution is 0.159. The number of aromatic nitrogens is 2. The zero-order chi connectivity index (χ0) is 24.1. The van der Waals surface area contributed by atoms with Gasteiger partial charge in [0, 0.05) is 43.8 Å². The van der Waals surface area contributed by atoms with E-state index < -0.39 is 0 Å². The first kappa shape index (κ1) is 24.3. The number of halogens is 1. The Balaban J connectivity index is 1.53. The highest BCUT2D eigenvalue weighted by Crippen LogP contribution is 2.29. The van der Waals surface area contributed by atoms with Gasteiger partial charge in [-0.1, -0.05) is 55.8 Å². The summed E-state index contributed by atoms with van der Waals surface area (Å²) >= 11 is 6.26. The van der Waals surface area contributed by atoms with Crippen LogP contribution in [-0.4, -0.2) is 60.1 Å². The maximum Gasteiger partial charge on any atom is 0.320 e. The monoisotopic (exact) mass is 481 g/mol. The Hall–Kier alpha value is -2.87. The van der Waals surface area contributed by atoms with Crippen molar-refractivity contribution in [3.63, 3.8) is 0 Å². The minimum absolute atomic E-state index is 0.0620. The molecule has 0 bridgehead atoms. The first-order valence-electron chi connectivity index (χ1n) is 11.6. The summed E-state index contributed by atoms with van der Waals surface area (Å²) in [5.41, 5.74) is 2.94.